The average Bonchev–Trinajstić information content (AvgIpc) is 2.54. The lowest BCUT2D eigenvalue weighted by atomic mass is 9.69. The zero-order chi connectivity index (χ0) is 18.7. The molecule has 0 saturated heterocycles. The molecule has 2 aliphatic rings. The van der Waals surface area contributed by atoms with Gasteiger partial charge in [0.15, 0.2) is 0 Å². The van der Waals surface area contributed by atoms with Crippen LogP contribution in [0.5, 0.6) is 0 Å². The quantitative estimate of drug-likeness (QED) is 0.432. The first-order chi connectivity index (χ1) is 11.6. The van der Waals surface area contributed by atoms with Crippen LogP contribution in [0.4, 0.5) is 22.0 Å². The molecule has 0 N–H and O–H groups in total. The predicted octanol–water partition coefficient (Wildman–Crippen LogP) is 6.10. The topological polar surface area (TPSA) is 26.3 Å². The van der Waals surface area contributed by atoms with Crippen molar-refractivity contribution in [3.05, 3.63) is 0 Å². The van der Waals surface area contributed by atoms with E-state index in [-0.39, 0.29) is 0 Å². The van der Waals surface area contributed by atoms with Gasteiger partial charge in [0.1, 0.15) is 0 Å². The third-order valence-electron chi connectivity index (χ3n) is 5.92. The van der Waals surface area contributed by atoms with Crippen LogP contribution in [0, 0.1) is 23.7 Å². The lowest BCUT2D eigenvalue weighted by Gasteiger charge is -2.37. The summed E-state index contributed by atoms with van der Waals surface area (Å²) in [6.07, 6.45) is -1.94. The van der Waals surface area contributed by atoms with Gasteiger partial charge in [-0.15, -0.1) is 0 Å². The first-order valence-electron chi connectivity index (χ1n) is 9.31. The Labute approximate surface area is 145 Å². The SMILES string of the molecule is CCC[C@H]1CC[C@H]([C@H]2CC[C@H](C(=O)OC(F)(F)C(F)(F)F)CC2)CC1. The highest BCUT2D eigenvalue weighted by Gasteiger charge is 2.62. The molecule has 25 heavy (non-hydrogen) atoms. The van der Waals surface area contributed by atoms with Crippen molar-refractivity contribution in [2.24, 2.45) is 23.7 Å². The number of hydrogen-bond donors (Lipinski definition) is 0. The van der Waals surface area contributed by atoms with Gasteiger partial charge >= 0.3 is 18.3 Å². The summed E-state index contributed by atoms with van der Waals surface area (Å²) >= 11 is 0. The molecule has 2 saturated carbocycles. The second kappa shape index (κ2) is 8.21. The average molecular weight is 370 g/mol. The van der Waals surface area contributed by atoms with E-state index in [1.54, 1.807) is 0 Å². The first-order valence-corrected chi connectivity index (χ1v) is 9.31. The molecule has 0 aliphatic heterocycles. The van der Waals surface area contributed by atoms with Crippen molar-refractivity contribution < 1.29 is 31.5 Å². The summed E-state index contributed by atoms with van der Waals surface area (Å²) in [6.45, 7) is 2.19. The summed E-state index contributed by atoms with van der Waals surface area (Å²) in [5, 5.41) is 0. The van der Waals surface area contributed by atoms with Gasteiger partial charge in [-0.05, 0) is 56.3 Å². The van der Waals surface area contributed by atoms with Crippen molar-refractivity contribution in [3.63, 3.8) is 0 Å². The number of esters is 1. The van der Waals surface area contributed by atoms with E-state index in [2.05, 4.69) is 11.7 Å². The molecule has 0 atom stereocenters. The number of hydrogen-bond acceptors (Lipinski definition) is 2. The van der Waals surface area contributed by atoms with E-state index in [1.807, 2.05) is 0 Å². The van der Waals surface area contributed by atoms with Gasteiger partial charge in [-0.25, -0.2) is 0 Å². The highest BCUT2D eigenvalue weighted by Crippen LogP contribution is 2.43. The molecule has 2 rings (SSSR count). The fraction of sp³-hybridized carbons (Fsp3) is 0.944. The van der Waals surface area contributed by atoms with Crippen molar-refractivity contribution in [2.75, 3.05) is 0 Å². The van der Waals surface area contributed by atoms with E-state index in [9.17, 15) is 26.7 Å². The molecule has 0 aromatic heterocycles. The maximum Gasteiger partial charge on any atom is 0.501 e. The second-order valence-corrected chi connectivity index (χ2v) is 7.62. The number of halogens is 5. The summed E-state index contributed by atoms with van der Waals surface area (Å²) in [5.41, 5.74) is 0. The van der Waals surface area contributed by atoms with Crippen LogP contribution in [0.2, 0.25) is 0 Å². The lowest BCUT2D eigenvalue weighted by molar-refractivity contribution is -0.377. The van der Waals surface area contributed by atoms with Crippen molar-refractivity contribution in [1.29, 1.82) is 0 Å². The third kappa shape index (κ3) is 5.30. The van der Waals surface area contributed by atoms with Crippen LogP contribution in [0.15, 0.2) is 0 Å². The molecule has 0 aromatic rings. The summed E-state index contributed by atoms with van der Waals surface area (Å²) < 4.78 is 65.5. The van der Waals surface area contributed by atoms with Gasteiger partial charge in [-0.2, -0.15) is 22.0 Å². The van der Waals surface area contributed by atoms with E-state index in [4.69, 9.17) is 0 Å². The number of alkyl halides is 5. The van der Waals surface area contributed by atoms with Gasteiger partial charge in [-0.3, -0.25) is 4.79 Å². The molecule has 2 nitrogen and oxygen atoms in total. The molecule has 2 aliphatic carbocycles. The van der Waals surface area contributed by atoms with Crippen LogP contribution < -0.4 is 0 Å². The molecule has 0 unspecified atom stereocenters. The monoisotopic (exact) mass is 370 g/mol. The fourth-order valence-electron chi connectivity index (χ4n) is 4.45. The van der Waals surface area contributed by atoms with Crippen molar-refractivity contribution in [1.82, 2.24) is 0 Å². The predicted molar refractivity (Wildman–Crippen MR) is 82.9 cm³/mol. The molecule has 0 spiro atoms. The minimum Gasteiger partial charge on any atom is -0.394 e. The van der Waals surface area contributed by atoms with Gasteiger partial charge in [0.2, 0.25) is 0 Å². The third-order valence-corrected chi connectivity index (χ3v) is 5.92. The summed E-state index contributed by atoms with van der Waals surface area (Å²) in [6, 6.07) is 0. The van der Waals surface area contributed by atoms with E-state index < -0.39 is 24.2 Å². The highest BCUT2D eigenvalue weighted by atomic mass is 19.4. The molecule has 0 aromatic carbocycles. The maximum absolute atomic E-state index is 12.8. The van der Waals surface area contributed by atoms with Gasteiger partial charge in [-0.1, -0.05) is 32.6 Å². The Balaban J connectivity index is 1.77. The molecular weight excluding hydrogens is 343 g/mol. The standard InChI is InChI=1S/C18H27F5O2/c1-2-3-12-4-6-13(7-5-12)14-8-10-15(11-9-14)16(24)25-18(22,23)17(19,20)21/h12-15H,2-11H2,1H3/t12-,13-,14-,15-. The molecular formula is C18H27F5O2. The summed E-state index contributed by atoms with van der Waals surface area (Å²) in [4.78, 5) is 11.7. The maximum atomic E-state index is 12.8. The molecule has 7 heteroatoms. The summed E-state index contributed by atoms with van der Waals surface area (Å²) in [7, 11) is 0. The van der Waals surface area contributed by atoms with Crippen LogP contribution in [-0.2, 0) is 9.53 Å². The van der Waals surface area contributed by atoms with E-state index in [0.717, 1.165) is 18.8 Å². The number of carbonyl (C=O) groups is 1. The van der Waals surface area contributed by atoms with Crippen molar-refractivity contribution >= 4 is 5.97 Å². The van der Waals surface area contributed by atoms with Gasteiger partial charge in [0, 0.05) is 0 Å². The lowest BCUT2D eigenvalue weighted by Crippen LogP contribution is -2.42. The Morgan fingerprint density at radius 2 is 1.36 bits per heavy atom. The Bertz CT molecular complexity index is 433. The van der Waals surface area contributed by atoms with Crippen LogP contribution in [0.25, 0.3) is 0 Å². The molecule has 0 radical (unpaired) electrons. The number of rotatable bonds is 5. The molecule has 0 bridgehead atoms. The molecule has 0 heterocycles. The van der Waals surface area contributed by atoms with Crippen LogP contribution >= 0.6 is 0 Å². The summed E-state index contributed by atoms with van der Waals surface area (Å²) in [5.74, 6) is -0.415. The van der Waals surface area contributed by atoms with Crippen LogP contribution in [0.3, 0.4) is 0 Å². The Morgan fingerprint density at radius 3 is 1.80 bits per heavy atom. The van der Waals surface area contributed by atoms with E-state index in [1.165, 1.54) is 25.7 Å². The molecule has 0 amide bonds. The minimum absolute atomic E-state index is 0.340. The van der Waals surface area contributed by atoms with Gasteiger partial charge in [0.25, 0.3) is 0 Å². The normalized spacial score (nSPS) is 31.6. The Kier molecular flexibility index (Phi) is 6.71. The molecule has 2 fully saturated rings. The van der Waals surface area contributed by atoms with E-state index >= 15 is 0 Å². The van der Waals surface area contributed by atoms with Crippen molar-refractivity contribution in [2.45, 2.75) is 83.4 Å². The Hall–Kier alpha value is -0.880. The second-order valence-electron chi connectivity index (χ2n) is 7.62. The molecule has 146 valence electrons. The fourth-order valence-corrected chi connectivity index (χ4v) is 4.45. The zero-order valence-corrected chi connectivity index (χ0v) is 14.6. The van der Waals surface area contributed by atoms with E-state index in [0.29, 0.717) is 37.5 Å². The first kappa shape index (κ1) is 20.4. The van der Waals surface area contributed by atoms with Gasteiger partial charge in [0.05, 0.1) is 5.92 Å². The van der Waals surface area contributed by atoms with Crippen LogP contribution in [-0.4, -0.2) is 18.3 Å². The zero-order valence-electron chi connectivity index (χ0n) is 14.6. The minimum atomic E-state index is -5.86. The highest BCUT2D eigenvalue weighted by molar-refractivity contribution is 5.72. The van der Waals surface area contributed by atoms with Crippen molar-refractivity contribution in [3.8, 4) is 0 Å². The largest absolute Gasteiger partial charge is 0.501 e. The number of ether oxygens (including phenoxy) is 1. The Morgan fingerprint density at radius 1 is 0.880 bits per heavy atom. The van der Waals surface area contributed by atoms with Gasteiger partial charge < -0.3 is 4.74 Å². The smallest absolute Gasteiger partial charge is 0.394 e. The number of carbonyl (C=O) groups excluding carboxylic acids is 1. The van der Waals surface area contributed by atoms with Crippen LogP contribution in [0.1, 0.15) is 71.1 Å².